The fraction of sp³-hybridized carbons (Fsp3) is 0.464. The Morgan fingerprint density at radius 2 is 1.95 bits per heavy atom. The summed E-state index contributed by atoms with van der Waals surface area (Å²) < 4.78 is 24.2. The lowest BCUT2D eigenvalue weighted by Gasteiger charge is -2.29. The second kappa shape index (κ2) is 11.2. The smallest absolute Gasteiger partial charge is 0.350 e. The molecule has 1 aromatic heterocycles. The Morgan fingerprint density at radius 3 is 2.57 bits per heavy atom. The number of nitrogens with one attached hydrogen (secondary N) is 2. The number of benzene rings is 2. The van der Waals surface area contributed by atoms with Gasteiger partial charge in [0.05, 0.1) is 11.7 Å². The fourth-order valence-corrected chi connectivity index (χ4v) is 4.97. The Balaban J connectivity index is 1.74. The molecule has 0 radical (unpaired) electrons. The van der Waals surface area contributed by atoms with Gasteiger partial charge in [0.25, 0.3) is 5.91 Å². The van der Waals surface area contributed by atoms with E-state index in [0.717, 1.165) is 47.7 Å². The van der Waals surface area contributed by atoms with E-state index in [4.69, 9.17) is 4.74 Å². The van der Waals surface area contributed by atoms with Crippen LogP contribution in [0.2, 0.25) is 0 Å². The van der Waals surface area contributed by atoms with Crippen LogP contribution in [-0.4, -0.2) is 33.4 Å². The van der Waals surface area contributed by atoms with E-state index >= 15 is 4.39 Å². The van der Waals surface area contributed by atoms with E-state index in [2.05, 4.69) is 15.7 Å². The molecule has 0 aliphatic heterocycles. The molecule has 37 heavy (non-hydrogen) atoms. The van der Waals surface area contributed by atoms with Crippen LogP contribution >= 0.6 is 0 Å². The molecule has 2 N–H and O–H groups in total. The van der Waals surface area contributed by atoms with Crippen LogP contribution < -0.4 is 21.1 Å². The number of ether oxygens (including phenoxy) is 1. The van der Waals surface area contributed by atoms with Crippen molar-refractivity contribution < 1.29 is 13.9 Å². The first kappa shape index (κ1) is 26.4. The maximum absolute atomic E-state index is 15.5. The van der Waals surface area contributed by atoms with Crippen molar-refractivity contribution in [3.05, 3.63) is 63.6 Å². The van der Waals surface area contributed by atoms with Gasteiger partial charge in [0.15, 0.2) is 0 Å². The molecular formula is C28H36FN5O3. The normalized spacial score (nSPS) is 14.9. The van der Waals surface area contributed by atoms with Crippen molar-refractivity contribution in [2.45, 2.75) is 65.4 Å². The van der Waals surface area contributed by atoms with Gasteiger partial charge >= 0.3 is 5.69 Å². The summed E-state index contributed by atoms with van der Waals surface area (Å²) >= 11 is 0. The summed E-state index contributed by atoms with van der Waals surface area (Å²) in [4.78, 5) is 26.2. The number of amides is 1. The third-order valence-electron chi connectivity index (χ3n) is 7.30. The molecule has 0 bridgehead atoms. The first-order valence-electron chi connectivity index (χ1n) is 13.0. The molecule has 0 spiro atoms. The predicted octanol–water partition coefficient (Wildman–Crippen LogP) is 5.22. The maximum Gasteiger partial charge on any atom is 0.350 e. The molecule has 1 aliphatic rings. The number of nitrogens with zero attached hydrogens (tertiary/aromatic N) is 3. The van der Waals surface area contributed by atoms with Crippen molar-refractivity contribution in [2.24, 2.45) is 13.0 Å². The number of halogens is 1. The Kier molecular flexibility index (Phi) is 8.00. The highest BCUT2D eigenvalue weighted by atomic mass is 19.1. The Labute approximate surface area is 216 Å². The zero-order chi connectivity index (χ0) is 26.7. The van der Waals surface area contributed by atoms with Gasteiger partial charge in [-0.1, -0.05) is 26.2 Å². The highest BCUT2D eigenvalue weighted by Crippen LogP contribution is 2.32. The van der Waals surface area contributed by atoms with Gasteiger partial charge in [0.1, 0.15) is 23.1 Å². The number of carbonyl (C=O) groups excluding carboxylic acids is 1. The lowest BCUT2D eigenvalue weighted by molar-refractivity contribution is 0.0997. The van der Waals surface area contributed by atoms with E-state index in [1.165, 1.54) is 17.1 Å². The van der Waals surface area contributed by atoms with E-state index < -0.39 is 17.4 Å². The van der Waals surface area contributed by atoms with Crippen LogP contribution in [-0.2, 0) is 13.5 Å². The average molecular weight is 510 g/mol. The number of rotatable bonds is 8. The summed E-state index contributed by atoms with van der Waals surface area (Å²) in [5.74, 6) is -0.109. The molecule has 198 valence electrons. The van der Waals surface area contributed by atoms with Gasteiger partial charge in [-0.15, -0.1) is 5.10 Å². The molecule has 9 heteroatoms. The third-order valence-corrected chi connectivity index (χ3v) is 7.30. The second-order valence-corrected chi connectivity index (χ2v) is 9.78. The summed E-state index contributed by atoms with van der Waals surface area (Å²) in [6, 6.07) is 8.13. The summed E-state index contributed by atoms with van der Waals surface area (Å²) in [7, 11) is 3.43. The van der Waals surface area contributed by atoms with Crippen LogP contribution in [0.15, 0.2) is 35.1 Å². The lowest BCUT2D eigenvalue weighted by Crippen LogP contribution is -2.27. The Morgan fingerprint density at radius 1 is 1.22 bits per heavy atom. The van der Waals surface area contributed by atoms with E-state index in [1.807, 2.05) is 40.0 Å². The van der Waals surface area contributed by atoms with E-state index in [1.54, 1.807) is 13.1 Å². The van der Waals surface area contributed by atoms with Crippen molar-refractivity contribution in [3.8, 4) is 11.4 Å². The van der Waals surface area contributed by atoms with Gasteiger partial charge in [0.2, 0.25) is 0 Å². The van der Waals surface area contributed by atoms with E-state index in [-0.39, 0.29) is 23.1 Å². The fourth-order valence-electron chi connectivity index (χ4n) is 4.97. The van der Waals surface area contributed by atoms with Crippen molar-refractivity contribution in [3.63, 3.8) is 0 Å². The standard InChI is InChI=1S/C28H36FN5O3/c1-6-26-32-34(28(36)33(26)5)24-16-25(37-18(3)19-10-8-7-9-11-19)21(15-22(24)29)27(35)31-23-13-12-20(30-4)14-17(23)2/h12-16,18-19,30H,6-11H2,1-5H3,(H,31,35). The molecule has 3 aromatic rings. The first-order chi connectivity index (χ1) is 17.7. The van der Waals surface area contributed by atoms with Crippen molar-refractivity contribution >= 4 is 17.3 Å². The lowest BCUT2D eigenvalue weighted by atomic mass is 9.86. The largest absolute Gasteiger partial charge is 0.490 e. The summed E-state index contributed by atoms with van der Waals surface area (Å²) in [6.07, 6.45) is 5.95. The SMILES string of the molecule is CCc1nn(-c2cc(OC(C)C3CCCCC3)c(C(=O)Nc3ccc(NC)cc3C)cc2F)c(=O)n1C. The molecule has 1 heterocycles. The minimum Gasteiger partial charge on any atom is -0.490 e. The second-order valence-electron chi connectivity index (χ2n) is 9.78. The summed E-state index contributed by atoms with van der Waals surface area (Å²) in [6.45, 7) is 5.76. The molecular weight excluding hydrogens is 473 g/mol. The molecule has 1 saturated carbocycles. The van der Waals surface area contributed by atoms with Crippen LogP contribution in [0.25, 0.3) is 5.69 Å². The number of aryl methyl sites for hydroxylation is 2. The van der Waals surface area contributed by atoms with Gasteiger partial charge in [0, 0.05) is 38.0 Å². The van der Waals surface area contributed by atoms with Gasteiger partial charge in [-0.2, -0.15) is 4.68 Å². The number of carbonyl (C=O) groups is 1. The summed E-state index contributed by atoms with van der Waals surface area (Å²) in [5, 5.41) is 10.3. The quantitative estimate of drug-likeness (QED) is 0.434. The third kappa shape index (κ3) is 5.55. The summed E-state index contributed by atoms with van der Waals surface area (Å²) in [5.41, 5.74) is 1.97. The number of anilines is 2. The first-order valence-corrected chi connectivity index (χ1v) is 13.0. The Bertz CT molecular complexity index is 1340. The predicted molar refractivity (Wildman–Crippen MR) is 143 cm³/mol. The number of aromatic nitrogens is 3. The molecule has 2 aromatic carbocycles. The molecule has 1 atom stereocenters. The number of hydrogen-bond donors (Lipinski definition) is 2. The number of hydrogen-bond acceptors (Lipinski definition) is 5. The monoisotopic (exact) mass is 509 g/mol. The van der Waals surface area contributed by atoms with E-state index in [9.17, 15) is 9.59 Å². The van der Waals surface area contributed by atoms with Gasteiger partial charge in [-0.3, -0.25) is 9.36 Å². The average Bonchev–Trinajstić information content (AvgIpc) is 3.19. The van der Waals surface area contributed by atoms with Gasteiger partial charge < -0.3 is 15.4 Å². The van der Waals surface area contributed by atoms with Gasteiger partial charge in [-0.05, 0) is 62.4 Å². The van der Waals surface area contributed by atoms with Crippen LogP contribution in [0.4, 0.5) is 15.8 Å². The molecule has 1 unspecified atom stereocenters. The van der Waals surface area contributed by atoms with Crippen LogP contribution in [0.1, 0.15) is 67.7 Å². The molecule has 1 amide bonds. The zero-order valence-corrected chi connectivity index (χ0v) is 22.2. The van der Waals surface area contributed by atoms with Crippen molar-refractivity contribution in [1.29, 1.82) is 0 Å². The Hall–Kier alpha value is -3.62. The highest BCUT2D eigenvalue weighted by molar-refractivity contribution is 6.06. The van der Waals surface area contributed by atoms with E-state index in [0.29, 0.717) is 23.9 Å². The highest BCUT2D eigenvalue weighted by Gasteiger charge is 2.26. The topological polar surface area (TPSA) is 90.2 Å². The van der Waals surface area contributed by atoms with Crippen molar-refractivity contribution in [2.75, 3.05) is 17.7 Å². The molecule has 4 rings (SSSR count). The maximum atomic E-state index is 15.5. The molecule has 1 fully saturated rings. The van der Waals surface area contributed by atoms with Crippen LogP contribution in [0.5, 0.6) is 5.75 Å². The minimum atomic E-state index is -0.729. The molecule has 8 nitrogen and oxygen atoms in total. The van der Waals surface area contributed by atoms with Gasteiger partial charge in [-0.25, -0.2) is 9.18 Å². The van der Waals surface area contributed by atoms with Crippen LogP contribution in [0, 0.1) is 18.7 Å². The molecule has 0 saturated heterocycles. The van der Waals surface area contributed by atoms with Crippen LogP contribution in [0.3, 0.4) is 0 Å². The minimum absolute atomic E-state index is 0.0442. The molecule has 1 aliphatic carbocycles. The van der Waals surface area contributed by atoms with Crippen molar-refractivity contribution in [1.82, 2.24) is 14.3 Å². The zero-order valence-electron chi connectivity index (χ0n) is 22.2.